The van der Waals surface area contributed by atoms with E-state index in [-0.39, 0.29) is 11.5 Å². The average molecular weight is 259 g/mol. The molecule has 0 aliphatic rings. The maximum absolute atomic E-state index is 11.2. The van der Waals surface area contributed by atoms with E-state index >= 15 is 0 Å². The highest BCUT2D eigenvalue weighted by atomic mass is 32.2. The van der Waals surface area contributed by atoms with Crippen molar-refractivity contribution in [1.82, 2.24) is 15.1 Å². The lowest BCUT2D eigenvalue weighted by Gasteiger charge is -2.04. The Morgan fingerprint density at radius 3 is 2.71 bits per heavy atom. The summed E-state index contributed by atoms with van der Waals surface area (Å²) >= 11 is 0. The number of rotatable bonds is 7. The summed E-state index contributed by atoms with van der Waals surface area (Å²) in [5.41, 5.74) is 2.30. The zero-order valence-corrected chi connectivity index (χ0v) is 11.5. The Labute approximate surface area is 103 Å². The van der Waals surface area contributed by atoms with Crippen LogP contribution in [0.3, 0.4) is 0 Å². The van der Waals surface area contributed by atoms with Gasteiger partial charge in [-0.3, -0.25) is 4.68 Å². The van der Waals surface area contributed by atoms with Crippen molar-refractivity contribution in [3.8, 4) is 0 Å². The van der Waals surface area contributed by atoms with Crippen LogP contribution in [0.1, 0.15) is 24.6 Å². The molecular weight excluding hydrogens is 238 g/mol. The van der Waals surface area contributed by atoms with Gasteiger partial charge in [-0.25, -0.2) is 8.42 Å². The fourth-order valence-corrected chi connectivity index (χ4v) is 2.38. The molecule has 1 N–H and O–H groups in total. The van der Waals surface area contributed by atoms with Gasteiger partial charge in [0.1, 0.15) is 9.84 Å². The van der Waals surface area contributed by atoms with E-state index in [0.717, 1.165) is 17.8 Å². The van der Waals surface area contributed by atoms with Crippen molar-refractivity contribution in [2.24, 2.45) is 7.05 Å². The minimum atomic E-state index is -2.83. The molecule has 0 unspecified atom stereocenters. The SMILES string of the molecule is CCS(=O)(=O)CCCNCc1cnn(C)c1C. The summed E-state index contributed by atoms with van der Waals surface area (Å²) < 4.78 is 24.3. The van der Waals surface area contributed by atoms with Crippen LogP contribution in [0.15, 0.2) is 6.20 Å². The predicted molar refractivity (Wildman–Crippen MR) is 68.6 cm³/mol. The maximum Gasteiger partial charge on any atom is 0.150 e. The number of aromatic nitrogens is 2. The first-order valence-corrected chi connectivity index (χ1v) is 7.67. The molecule has 98 valence electrons. The van der Waals surface area contributed by atoms with Crippen LogP contribution in [0, 0.1) is 6.92 Å². The van der Waals surface area contributed by atoms with E-state index in [1.165, 1.54) is 0 Å². The maximum atomic E-state index is 11.2. The molecule has 0 aliphatic heterocycles. The largest absolute Gasteiger partial charge is 0.313 e. The van der Waals surface area contributed by atoms with Crippen LogP contribution in [-0.2, 0) is 23.4 Å². The second-order valence-corrected chi connectivity index (χ2v) is 6.62. The summed E-state index contributed by atoms with van der Waals surface area (Å²) in [5, 5.41) is 7.38. The molecule has 0 atom stereocenters. The zero-order valence-electron chi connectivity index (χ0n) is 10.7. The van der Waals surface area contributed by atoms with Gasteiger partial charge in [0.05, 0.1) is 11.9 Å². The Hall–Kier alpha value is -0.880. The fourth-order valence-electron chi connectivity index (χ4n) is 1.50. The third kappa shape index (κ3) is 4.47. The van der Waals surface area contributed by atoms with E-state index in [0.29, 0.717) is 13.0 Å². The average Bonchev–Trinajstić information content (AvgIpc) is 2.60. The highest BCUT2D eigenvalue weighted by Crippen LogP contribution is 2.04. The summed E-state index contributed by atoms with van der Waals surface area (Å²) in [6.07, 6.45) is 2.50. The molecule has 0 aromatic carbocycles. The van der Waals surface area contributed by atoms with Crippen LogP contribution >= 0.6 is 0 Å². The Morgan fingerprint density at radius 1 is 1.47 bits per heavy atom. The number of nitrogens with zero attached hydrogens (tertiary/aromatic N) is 2. The number of sulfone groups is 1. The molecule has 0 spiro atoms. The molecule has 1 rings (SSSR count). The third-order valence-corrected chi connectivity index (χ3v) is 4.69. The van der Waals surface area contributed by atoms with E-state index in [9.17, 15) is 8.42 Å². The molecule has 1 heterocycles. The number of hydrogen-bond donors (Lipinski definition) is 1. The summed E-state index contributed by atoms with van der Waals surface area (Å²) in [6.45, 7) is 5.16. The highest BCUT2D eigenvalue weighted by molar-refractivity contribution is 7.91. The van der Waals surface area contributed by atoms with Crippen molar-refractivity contribution in [1.29, 1.82) is 0 Å². The second-order valence-electron chi connectivity index (χ2n) is 4.15. The van der Waals surface area contributed by atoms with Crippen molar-refractivity contribution in [3.63, 3.8) is 0 Å². The lowest BCUT2D eigenvalue weighted by atomic mass is 10.2. The molecule has 0 fully saturated rings. The van der Waals surface area contributed by atoms with Crippen LogP contribution in [-0.4, -0.2) is 36.2 Å². The molecule has 0 radical (unpaired) electrons. The molecule has 0 bridgehead atoms. The minimum absolute atomic E-state index is 0.231. The first-order valence-electron chi connectivity index (χ1n) is 5.85. The van der Waals surface area contributed by atoms with Gasteiger partial charge < -0.3 is 5.32 Å². The van der Waals surface area contributed by atoms with Crippen molar-refractivity contribution in [3.05, 3.63) is 17.5 Å². The van der Waals surface area contributed by atoms with Crippen molar-refractivity contribution >= 4 is 9.84 Å². The van der Waals surface area contributed by atoms with Crippen molar-refractivity contribution < 1.29 is 8.42 Å². The van der Waals surface area contributed by atoms with Crippen LogP contribution in [0.25, 0.3) is 0 Å². The van der Waals surface area contributed by atoms with Gasteiger partial charge in [-0.1, -0.05) is 6.92 Å². The van der Waals surface area contributed by atoms with Crippen LogP contribution < -0.4 is 5.32 Å². The summed E-state index contributed by atoms with van der Waals surface area (Å²) in [4.78, 5) is 0. The minimum Gasteiger partial charge on any atom is -0.313 e. The molecule has 17 heavy (non-hydrogen) atoms. The van der Waals surface area contributed by atoms with E-state index in [4.69, 9.17) is 0 Å². The summed E-state index contributed by atoms with van der Waals surface area (Å²) in [5.74, 6) is 0.497. The van der Waals surface area contributed by atoms with Gasteiger partial charge in [-0.2, -0.15) is 5.10 Å². The van der Waals surface area contributed by atoms with Gasteiger partial charge in [0.2, 0.25) is 0 Å². The molecule has 5 nitrogen and oxygen atoms in total. The van der Waals surface area contributed by atoms with E-state index in [1.54, 1.807) is 6.92 Å². The summed E-state index contributed by atoms with van der Waals surface area (Å²) in [7, 11) is -0.916. The number of hydrogen-bond acceptors (Lipinski definition) is 4. The number of aryl methyl sites for hydroxylation is 1. The van der Waals surface area contributed by atoms with Gasteiger partial charge in [0.15, 0.2) is 0 Å². The molecule has 6 heteroatoms. The van der Waals surface area contributed by atoms with Gasteiger partial charge >= 0.3 is 0 Å². The van der Waals surface area contributed by atoms with Crippen LogP contribution in [0.5, 0.6) is 0 Å². The number of nitrogens with one attached hydrogen (secondary N) is 1. The Morgan fingerprint density at radius 2 is 2.18 bits per heavy atom. The summed E-state index contributed by atoms with van der Waals surface area (Å²) in [6, 6.07) is 0. The zero-order chi connectivity index (χ0) is 12.9. The van der Waals surface area contributed by atoms with Crippen molar-refractivity contribution in [2.75, 3.05) is 18.1 Å². The van der Waals surface area contributed by atoms with E-state index in [1.807, 2.05) is 24.9 Å². The molecule has 0 saturated heterocycles. The van der Waals surface area contributed by atoms with E-state index < -0.39 is 9.84 Å². The van der Waals surface area contributed by atoms with Crippen LogP contribution in [0.2, 0.25) is 0 Å². The second kappa shape index (κ2) is 6.16. The Bertz CT molecular complexity index is 451. The van der Waals surface area contributed by atoms with Gasteiger partial charge in [0, 0.05) is 30.6 Å². The lowest BCUT2D eigenvalue weighted by Crippen LogP contribution is -2.19. The molecular formula is C11H21N3O2S. The topological polar surface area (TPSA) is 64.0 Å². The molecule has 0 aliphatic carbocycles. The Kier molecular flexibility index (Phi) is 5.14. The fraction of sp³-hybridized carbons (Fsp3) is 0.727. The predicted octanol–water partition coefficient (Wildman–Crippen LogP) is 0.643. The van der Waals surface area contributed by atoms with Crippen LogP contribution in [0.4, 0.5) is 0 Å². The standard InChI is InChI=1S/C11H21N3O2S/c1-4-17(15,16)7-5-6-12-8-11-9-13-14(3)10(11)2/h9,12H,4-8H2,1-3H3. The lowest BCUT2D eigenvalue weighted by molar-refractivity contribution is 0.589. The third-order valence-electron chi connectivity index (χ3n) is 2.90. The molecule has 1 aromatic heterocycles. The molecule has 1 aromatic rings. The monoisotopic (exact) mass is 259 g/mol. The quantitative estimate of drug-likeness (QED) is 0.730. The van der Waals surface area contributed by atoms with E-state index in [2.05, 4.69) is 10.4 Å². The van der Waals surface area contributed by atoms with Gasteiger partial charge in [-0.05, 0) is 19.9 Å². The Balaban J connectivity index is 2.23. The first-order chi connectivity index (χ1) is 7.96. The van der Waals surface area contributed by atoms with Gasteiger partial charge in [-0.15, -0.1) is 0 Å². The first kappa shape index (κ1) is 14.2. The van der Waals surface area contributed by atoms with Gasteiger partial charge in [0.25, 0.3) is 0 Å². The molecule has 0 amide bonds. The van der Waals surface area contributed by atoms with Crippen molar-refractivity contribution in [2.45, 2.75) is 26.8 Å². The normalized spacial score (nSPS) is 11.9. The smallest absolute Gasteiger partial charge is 0.150 e. The highest BCUT2D eigenvalue weighted by Gasteiger charge is 2.06. The molecule has 0 saturated carbocycles.